The van der Waals surface area contributed by atoms with Crippen molar-refractivity contribution >= 4 is 10.2 Å². The van der Waals surface area contributed by atoms with Crippen molar-refractivity contribution in [2.75, 3.05) is 19.7 Å². The molecule has 1 aromatic rings. The molecule has 7 heteroatoms. The lowest BCUT2D eigenvalue weighted by atomic mass is 10.00. The number of halogens is 1. The molecule has 0 aliphatic carbocycles. The van der Waals surface area contributed by atoms with Crippen LogP contribution in [0.5, 0.6) is 0 Å². The van der Waals surface area contributed by atoms with Gasteiger partial charge in [0.15, 0.2) is 0 Å². The molecule has 1 unspecified atom stereocenters. The van der Waals surface area contributed by atoms with Gasteiger partial charge in [-0.25, -0.2) is 4.39 Å². The highest BCUT2D eigenvalue weighted by Gasteiger charge is 2.29. The minimum atomic E-state index is -3.64. The summed E-state index contributed by atoms with van der Waals surface area (Å²) in [7, 11) is -3.64. The first-order chi connectivity index (χ1) is 9.94. The zero-order valence-electron chi connectivity index (χ0n) is 12.0. The van der Waals surface area contributed by atoms with Crippen molar-refractivity contribution in [3.63, 3.8) is 0 Å². The molecular formula is C14H21FN2O3S. The molecule has 118 valence electrons. The maximum absolute atomic E-state index is 13.7. The Morgan fingerprint density at radius 1 is 1.38 bits per heavy atom. The third kappa shape index (κ3) is 4.00. The smallest absolute Gasteiger partial charge is 0.279 e. The summed E-state index contributed by atoms with van der Waals surface area (Å²) < 4.78 is 42.2. The number of hydrogen-bond acceptors (Lipinski definition) is 3. The Hall–Kier alpha value is -1.02. The van der Waals surface area contributed by atoms with E-state index in [1.54, 1.807) is 25.1 Å². The zero-order valence-corrected chi connectivity index (χ0v) is 12.8. The van der Waals surface area contributed by atoms with Crippen LogP contribution in [0.15, 0.2) is 24.3 Å². The lowest BCUT2D eigenvalue weighted by Gasteiger charge is -2.31. The van der Waals surface area contributed by atoms with Gasteiger partial charge in [-0.15, -0.1) is 0 Å². The SMILES string of the molecule is CC(NS(=O)(=O)N1CCC(CO)CC1)c1ccccc1F. The van der Waals surface area contributed by atoms with Crippen LogP contribution in [0.1, 0.15) is 31.4 Å². The van der Waals surface area contributed by atoms with Gasteiger partial charge < -0.3 is 5.11 Å². The number of benzene rings is 1. The van der Waals surface area contributed by atoms with Crippen molar-refractivity contribution in [1.29, 1.82) is 0 Å². The molecule has 2 rings (SSSR count). The van der Waals surface area contributed by atoms with Gasteiger partial charge >= 0.3 is 0 Å². The van der Waals surface area contributed by atoms with E-state index >= 15 is 0 Å². The number of hydrogen-bond donors (Lipinski definition) is 2. The minimum Gasteiger partial charge on any atom is -0.396 e. The summed E-state index contributed by atoms with van der Waals surface area (Å²) in [5, 5.41) is 9.08. The Morgan fingerprint density at radius 2 is 2.00 bits per heavy atom. The summed E-state index contributed by atoms with van der Waals surface area (Å²) in [6, 6.07) is 5.50. The number of aliphatic hydroxyl groups excluding tert-OH is 1. The minimum absolute atomic E-state index is 0.0902. The molecule has 0 amide bonds. The number of piperidine rings is 1. The highest BCUT2D eigenvalue weighted by Crippen LogP contribution is 2.21. The Balaban J connectivity index is 2.03. The average Bonchev–Trinajstić information content (AvgIpc) is 2.47. The van der Waals surface area contributed by atoms with Gasteiger partial charge in [0, 0.05) is 31.3 Å². The number of aliphatic hydroxyl groups is 1. The van der Waals surface area contributed by atoms with Crippen LogP contribution in [0.2, 0.25) is 0 Å². The van der Waals surface area contributed by atoms with E-state index in [0.29, 0.717) is 31.5 Å². The summed E-state index contributed by atoms with van der Waals surface area (Å²) in [5.41, 5.74) is 0.325. The van der Waals surface area contributed by atoms with Crippen LogP contribution in [-0.2, 0) is 10.2 Å². The van der Waals surface area contributed by atoms with Crippen molar-refractivity contribution in [3.05, 3.63) is 35.6 Å². The highest BCUT2D eigenvalue weighted by molar-refractivity contribution is 7.87. The molecule has 1 aromatic carbocycles. The van der Waals surface area contributed by atoms with Crippen LogP contribution in [-0.4, -0.2) is 37.5 Å². The van der Waals surface area contributed by atoms with E-state index in [2.05, 4.69) is 4.72 Å². The number of nitrogens with one attached hydrogen (secondary N) is 1. The maximum atomic E-state index is 13.7. The third-order valence-corrected chi connectivity index (χ3v) is 5.57. The second kappa shape index (κ2) is 6.83. The van der Waals surface area contributed by atoms with Gasteiger partial charge in [-0.1, -0.05) is 18.2 Å². The predicted octanol–water partition coefficient (Wildman–Crippen LogP) is 1.43. The molecule has 0 spiro atoms. The second-order valence-corrected chi connectivity index (χ2v) is 7.09. The van der Waals surface area contributed by atoms with Crippen LogP contribution in [0.25, 0.3) is 0 Å². The van der Waals surface area contributed by atoms with Crippen molar-refractivity contribution in [2.24, 2.45) is 5.92 Å². The van der Waals surface area contributed by atoms with Crippen LogP contribution in [0.3, 0.4) is 0 Å². The van der Waals surface area contributed by atoms with Crippen LogP contribution in [0, 0.1) is 11.7 Å². The van der Waals surface area contributed by atoms with E-state index in [1.807, 2.05) is 0 Å². The van der Waals surface area contributed by atoms with Crippen molar-refractivity contribution in [1.82, 2.24) is 9.03 Å². The van der Waals surface area contributed by atoms with E-state index < -0.39 is 22.1 Å². The van der Waals surface area contributed by atoms with E-state index in [9.17, 15) is 12.8 Å². The first kappa shape index (κ1) is 16.4. The van der Waals surface area contributed by atoms with E-state index in [1.165, 1.54) is 10.4 Å². The lowest BCUT2D eigenvalue weighted by molar-refractivity contribution is 0.169. The molecule has 1 fully saturated rings. The molecule has 5 nitrogen and oxygen atoms in total. The molecule has 1 aliphatic heterocycles. The van der Waals surface area contributed by atoms with Crippen molar-refractivity contribution in [2.45, 2.75) is 25.8 Å². The van der Waals surface area contributed by atoms with Gasteiger partial charge in [0.1, 0.15) is 5.82 Å². The van der Waals surface area contributed by atoms with E-state index in [4.69, 9.17) is 5.11 Å². The summed E-state index contributed by atoms with van der Waals surface area (Å²) in [6.45, 7) is 2.47. The molecule has 0 radical (unpaired) electrons. The van der Waals surface area contributed by atoms with Crippen LogP contribution >= 0.6 is 0 Å². The standard InChI is InChI=1S/C14H21FN2O3S/c1-11(13-4-2-3-5-14(13)15)16-21(19,20)17-8-6-12(10-18)7-9-17/h2-5,11-12,16,18H,6-10H2,1H3. The molecule has 1 heterocycles. The van der Waals surface area contributed by atoms with Crippen LogP contribution < -0.4 is 4.72 Å². The van der Waals surface area contributed by atoms with Gasteiger partial charge in [0.25, 0.3) is 10.2 Å². The molecule has 0 bridgehead atoms. The molecule has 21 heavy (non-hydrogen) atoms. The Labute approximate surface area is 125 Å². The van der Waals surface area contributed by atoms with Gasteiger partial charge in [-0.3, -0.25) is 0 Å². The molecule has 1 saturated heterocycles. The maximum Gasteiger partial charge on any atom is 0.279 e. The lowest BCUT2D eigenvalue weighted by Crippen LogP contribution is -2.46. The van der Waals surface area contributed by atoms with Crippen molar-refractivity contribution in [3.8, 4) is 0 Å². The summed E-state index contributed by atoms with van der Waals surface area (Å²) in [4.78, 5) is 0. The first-order valence-electron chi connectivity index (χ1n) is 7.06. The predicted molar refractivity (Wildman–Crippen MR) is 78.3 cm³/mol. The molecule has 1 atom stereocenters. The van der Waals surface area contributed by atoms with Gasteiger partial charge in [0.2, 0.25) is 0 Å². The van der Waals surface area contributed by atoms with E-state index in [-0.39, 0.29) is 12.5 Å². The quantitative estimate of drug-likeness (QED) is 0.863. The fraction of sp³-hybridized carbons (Fsp3) is 0.571. The Kier molecular flexibility index (Phi) is 5.32. The Morgan fingerprint density at radius 3 is 2.57 bits per heavy atom. The molecule has 0 saturated carbocycles. The summed E-state index contributed by atoms with van der Waals surface area (Å²) in [5.74, 6) is -0.257. The number of rotatable bonds is 5. The summed E-state index contributed by atoms with van der Waals surface area (Å²) in [6.07, 6.45) is 1.29. The van der Waals surface area contributed by atoms with Crippen LogP contribution in [0.4, 0.5) is 4.39 Å². The zero-order chi connectivity index (χ0) is 15.5. The number of nitrogens with zero attached hydrogens (tertiary/aromatic N) is 1. The fourth-order valence-electron chi connectivity index (χ4n) is 2.52. The monoisotopic (exact) mass is 316 g/mol. The van der Waals surface area contributed by atoms with Gasteiger partial charge in [-0.2, -0.15) is 17.4 Å². The highest BCUT2D eigenvalue weighted by atomic mass is 32.2. The third-order valence-electron chi connectivity index (χ3n) is 3.87. The first-order valence-corrected chi connectivity index (χ1v) is 8.50. The Bertz CT molecular complexity index is 571. The van der Waals surface area contributed by atoms with E-state index in [0.717, 1.165) is 0 Å². The molecule has 1 aliphatic rings. The molecular weight excluding hydrogens is 295 g/mol. The molecule has 2 N–H and O–H groups in total. The van der Waals surface area contributed by atoms with Gasteiger partial charge in [-0.05, 0) is 31.7 Å². The summed E-state index contributed by atoms with van der Waals surface area (Å²) >= 11 is 0. The average molecular weight is 316 g/mol. The van der Waals surface area contributed by atoms with Gasteiger partial charge in [0.05, 0.1) is 0 Å². The molecule has 0 aromatic heterocycles. The fourth-order valence-corrected chi connectivity index (χ4v) is 3.93. The largest absolute Gasteiger partial charge is 0.396 e. The normalized spacial score (nSPS) is 19.6. The topological polar surface area (TPSA) is 69.6 Å². The second-order valence-electron chi connectivity index (χ2n) is 5.39. The van der Waals surface area contributed by atoms with Crippen molar-refractivity contribution < 1.29 is 17.9 Å².